The van der Waals surface area contributed by atoms with Crippen LogP contribution in [-0.4, -0.2) is 12.7 Å². The Labute approximate surface area is 97.0 Å². The minimum atomic E-state index is -0.476. The molecule has 1 saturated heterocycles. The van der Waals surface area contributed by atoms with Gasteiger partial charge in [0.2, 0.25) is 0 Å². The van der Waals surface area contributed by atoms with Crippen molar-refractivity contribution in [2.75, 3.05) is 6.61 Å². The molecule has 0 spiro atoms. The number of amides is 1. The first-order valence-electron chi connectivity index (χ1n) is 4.05. The van der Waals surface area contributed by atoms with Crippen molar-refractivity contribution < 1.29 is 13.9 Å². The SMILES string of the molecule is Cl.O=C1N[C@H](c2ccc(F)cc2Cl)CO1. The van der Waals surface area contributed by atoms with Crippen LogP contribution < -0.4 is 5.32 Å². The average molecular weight is 252 g/mol. The fourth-order valence-corrected chi connectivity index (χ4v) is 1.64. The highest BCUT2D eigenvalue weighted by Gasteiger charge is 2.25. The molecule has 2 rings (SSSR count). The van der Waals surface area contributed by atoms with Gasteiger partial charge in [0.25, 0.3) is 0 Å². The van der Waals surface area contributed by atoms with E-state index in [1.54, 1.807) is 0 Å². The second-order valence-corrected chi connectivity index (χ2v) is 3.37. The average Bonchev–Trinajstić information content (AvgIpc) is 2.51. The Kier molecular flexibility index (Phi) is 3.77. The van der Waals surface area contributed by atoms with E-state index < -0.39 is 11.9 Å². The molecule has 1 heterocycles. The fraction of sp³-hybridized carbons (Fsp3) is 0.222. The number of rotatable bonds is 1. The molecule has 1 aliphatic heterocycles. The van der Waals surface area contributed by atoms with E-state index in [9.17, 15) is 9.18 Å². The van der Waals surface area contributed by atoms with E-state index in [1.807, 2.05) is 0 Å². The molecular weight excluding hydrogens is 244 g/mol. The van der Waals surface area contributed by atoms with Gasteiger partial charge in [-0.3, -0.25) is 0 Å². The lowest BCUT2D eigenvalue weighted by molar-refractivity contribution is 0.177. The van der Waals surface area contributed by atoms with Gasteiger partial charge in [-0.1, -0.05) is 17.7 Å². The van der Waals surface area contributed by atoms with Crippen LogP contribution >= 0.6 is 24.0 Å². The fourth-order valence-electron chi connectivity index (χ4n) is 1.34. The van der Waals surface area contributed by atoms with Gasteiger partial charge in [0.15, 0.2) is 0 Å². The Balaban J connectivity index is 0.00000112. The van der Waals surface area contributed by atoms with E-state index >= 15 is 0 Å². The van der Waals surface area contributed by atoms with Gasteiger partial charge < -0.3 is 10.1 Å². The van der Waals surface area contributed by atoms with Crippen LogP contribution in [0.5, 0.6) is 0 Å². The van der Waals surface area contributed by atoms with Crippen molar-refractivity contribution >= 4 is 30.1 Å². The molecule has 1 N–H and O–H groups in total. The Morgan fingerprint density at radius 1 is 1.53 bits per heavy atom. The maximum atomic E-state index is 12.7. The largest absolute Gasteiger partial charge is 0.447 e. The summed E-state index contributed by atoms with van der Waals surface area (Å²) in [6, 6.07) is 3.76. The molecule has 1 aromatic rings. The molecule has 1 aromatic carbocycles. The van der Waals surface area contributed by atoms with Crippen LogP contribution in [0.25, 0.3) is 0 Å². The van der Waals surface area contributed by atoms with Crippen LogP contribution in [0.1, 0.15) is 11.6 Å². The standard InChI is InChI=1S/C9H7ClFNO2.ClH/c10-7-3-5(11)1-2-6(7)8-4-14-9(13)12-8;/h1-3,8H,4H2,(H,12,13);1H/t8-;/m0./s1. The maximum absolute atomic E-state index is 12.7. The minimum absolute atomic E-state index is 0. The van der Waals surface area contributed by atoms with Crippen molar-refractivity contribution in [3.8, 4) is 0 Å². The van der Waals surface area contributed by atoms with Crippen LogP contribution in [-0.2, 0) is 4.74 Å². The summed E-state index contributed by atoms with van der Waals surface area (Å²) in [6.45, 7) is 0.226. The molecule has 0 radical (unpaired) electrons. The molecule has 15 heavy (non-hydrogen) atoms. The van der Waals surface area contributed by atoms with Gasteiger partial charge in [-0.25, -0.2) is 9.18 Å². The summed E-state index contributed by atoms with van der Waals surface area (Å²) in [5, 5.41) is 2.85. The number of hydrogen-bond acceptors (Lipinski definition) is 2. The van der Waals surface area contributed by atoms with Gasteiger partial charge in [-0.05, 0) is 17.7 Å². The summed E-state index contributed by atoms with van der Waals surface area (Å²) in [6.07, 6.45) is -0.476. The van der Waals surface area contributed by atoms with Gasteiger partial charge in [-0.2, -0.15) is 0 Å². The zero-order valence-corrected chi connectivity index (χ0v) is 9.07. The van der Waals surface area contributed by atoms with E-state index in [4.69, 9.17) is 16.3 Å². The predicted molar refractivity (Wildman–Crippen MR) is 55.9 cm³/mol. The zero-order valence-electron chi connectivity index (χ0n) is 7.50. The minimum Gasteiger partial charge on any atom is -0.447 e. The third-order valence-electron chi connectivity index (χ3n) is 2.01. The maximum Gasteiger partial charge on any atom is 0.407 e. The molecule has 6 heteroatoms. The first-order valence-corrected chi connectivity index (χ1v) is 4.43. The van der Waals surface area contributed by atoms with Gasteiger partial charge in [-0.15, -0.1) is 12.4 Å². The summed E-state index contributed by atoms with van der Waals surface area (Å²) in [5.41, 5.74) is 0.666. The zero-order chi connectivity index (χ0) is 10.1. The molecule has 0 bridgehead atoms. The van der Waals surface area contributed by atoms with Crippen molar-refractivity contribution in [1.82, 2.24) is 5.32 Å². The smallest absolute Gasteiger partial charge is 0.407 e. The third kappa shape index (κ3) is 2.52. The Morgan fingerprint density at radius 3 is 2.80 bits per heavy atom. The lowest BCUT2D eigenvalue weighted by atomic mass is 10.1. The highest BCUT2D eigenvalue weighted by Crippen LogP contribution is 2.26. The number of hydrogen-bond donors (Lipinski definition) is 1. The molecule has 1 atom stereocenters. The van der Waals surface area contributed by atoms with E-state index in [1.165, 1.54) is 18.2 Å². The first-order chi connectivity index (χ1) is 6.66. The summed E-state index contributed by atoms with van der Waals surface area (Å²) >= 11 is 5.81. The Hall–Kier alpha value is -1.00. The first kappa shape index (κ1) is 12.1. The van der Waals surface area contributed by atoms with Crippen LogP contribution in [0, 0.1) is 5.82 Å². The third-order valence-corrected chi connectivity index (χ3v) is 2.34. The predicted octanol–water partition coefficient (Wildman–Crippen LogP) is 2.68. The van der Waals surface area contributed by atoms with Crippen LogP contribution in [0.3, 0.4) is 0 Å². The number of benzene rings is 1. The van der Waals surface area contributed by atoms with E-state index in [-0.39, 0.29) is 25.1 Å². The number of carbonyl (C=O) groups is 1. The van der Waals surface area contributed by atoms with E-state index in [0.29, 0.717) is 10.6 Å². The number of nitrogens with one attached hydrogen (secondary N) is 1. The van der Waals surface area contributed by atoms with Crippen molar-refractivity contribution in [3.63, 3.8) is 0 Å². The molecule has 1 amide bonds. The van der Waals surface area contributed by atoms with Crippen LogP contribution in [0.4, 0.5) is 9.18 Å². The highest BCUT2D eigenvalue weighted by atomic mass is 35.5. The van der Waals surface area contributed by atoms with Crippen LogP contribution in [0.2, 0.25) is 5.02 Å². The Bertz CT molecular complexity index is 386. The summed E-state index contributed by atoms with van der Waals surface area (Å²) in [5.74, 6) is -0.399. The number of alkyl carbamates (subject to hydrolysis) is 1. The van der Waals surface area contributed by atoms with Gasteiger partial charge >= 0.3 is 6.09 Å². The van der Waals surface area contributed by atoms with Gasteiger partial charge in [0.1, 0.15) is 12.4 Å². The second-order valence-electron chi connectivity index (χ2n) is 2.96. The topological polar surface area (TPSA) is 38.3 Å². The van der Waals surface area contributed by atoms with Crippen molar-refractivity contribution in [1.29, 1.82) is 0 Å². The molecule has 3 nitrogen and oxygen atoms in total. The second kappa shape index (κ2) is 4.68. The molecule has 1 aliphatic rings. The van der Waals surface area contributed by atoms with Crippen molar-refractivity contribution in [2.45, 2.75) is 6.04 Å². The number of halogens is 3. The summed E-state index contributed by atoms with van der Waals surface area (Å²) < 4.78 is 17.4. The summed E-state index contributed by atoms with van der Waals surface area (Å²) in [7, 11) is 0. The van der Waals surface area contributed by atoms with Crippen molar-refractivity contribution in [2.24, 2.45) is 0 Å². The normalized spacial score (nSPS) is 19.1. The van der Waals surface area contributed by atoms with E-state index in [2.05, 4.69) is 5.32 Å². The molecule has 0 unspecified atom stereocenters. The number of carbonyl (C=O) groups excluding carboxylic acids is 1. The highest BCUT2D eigenvalue weighted by molar-refractivity contribution is 6.31. The monoisotopic (exact) mass is 251 g/mol. The quantitative estimate of drug-likeness (QED) is 0.834. The van der Waals surface area contributed by atoms with Crippen LogP contribution in [0.15, 0.2) is 18.2 Å². The molecule has 82 valence electrons. The van der Waals surface area contributed by atoms with Gasteiger partial charge in [0.05, 0.1) is 6.04 Å². The summed E-state index contributed by atoms with van der Waals surface area (Å²) in [4.78, 5) is 10.8. The lowest BCUT2D eigenvalue weighted by Gasteiger charge is -2.09. The molecular formula is C9H8Cl2FNO2. The number of cyclic esters (lactones) is 1. The molecule has 1 fully saturated rings. The van der Waals surface area contributed by atoms with Gasteiger partial charge in [0, 0.05) is 5.02 Å². The lowest BCUT2D eigenvalue weighted by Crippen LogP contribution is -2.18. The van der Waals surface area contributed by atoms with Crippen molar-refractivity contribution in [3.05, 3.63) is 34.6 Å². The Morgan fingerprint density at radius 2 is 2.27 bits per heavy atom. The molecule has 0 aliphatic carbocycles. The molecule has 0 saturated carbocycles. The molecule has 0 aromatic heterocycles. The number of ether oxygens (including phenoxy) is 1. The van der Waals surface area contributed by atoms with E-state index in [0.717, 1.165) is 0 Å².